The largest absolute Gasteiger partial charge is 0.487 e. The monoisotopic (exact) mass is 340 g/mol. The first-order valence-corrected chi connectivity index (χ1v) is 8.47. The molecule has 3 aromatic rings. The fourth-order valence-corrected chi connectivity index (χ4v) is 3.41. The summed E-state index contributed by atoms with van der Waals surface area (Å²) in [7, 11) is 3.10. The molecule has 0 fully saturated rings. The summed E-state index contributed by atoms with van der Waals surface area (Å²) in [6.07, 6.45) is 4.39. The minimum absolute atomic E-state index is 0.160. The lowest BCUT2D eigenvalue weighted by molar-refractivity contribution is 0.294. The summed E-state index contributed by atoms with van der Waals surface area (Å²) in [6.45, 7) is 0.160. The van der Waals surface area contributed by atoms with Crippen LogP contribution in [-0.2, 0) is 33.5 Å². The molecule has 1 aromatic carbocycles. The van der Waals surface area contributed by atoms with E-state index in [4.69, 9.17) is 9.15 Å². The number of ether oxygens (including phenoxy) is 1. The van der Waals surface area contributed by atoms with Crippen LogP contribution in [-0.4, -0.2) is 9.13 Å². The Morgan fingerprint density at radius 3 is 2.72 bits per heavy atom. The molecule has 0 amide bonds. The summed E-state index contributed by atoms with van der Waals surface area (Å²) in [4.78, 5) is 23.8. The van der Waals surface area contributed by atoms with Gasteiger partial charge in [0.1, 0.15) is 23.7 Å². The summed E-state index contributed by atoms with van der Waals surface area (Å²) >= 11 is 0. The fourth-order valence-electron chi connectivity index (χ4n) is 3.41. The van der Waals surface area contributed by atoms with Crippen LogP contribution in [0.3, 0.4) is 0 Å². The predicted octanol–water partition coefficient (Wildman–Crippen LogP) is 2.29. The molecule has 1 aliphatic rings. The molecule has 0 radical (unpaired) electrons. The van der Waals surface area contributed by atoms with Gasteiger partial charge in [0.25, 0.3) is 5.56 Å². The van der Waals surface area contributed by atoms with E-state index < -0.39 is 0 Å². The highest BCUT2D eigenvalue weighted by atomic mass is 16.5. The van der Waals surface area contributed by atoms with Gasteiger partial charge in [0, 0.05) is 37.5 Å². The molecule has 25 heavy (non-hydrogen) atoms. The molecule has 0 atom stereocenters. The molecule has 2 heterocycles. The number of rotatable bonds is 3. The van der Waals surface area contributed by atoms with Gasteiger partial charge in [-0.2, -0.15) is 0 Å². The Bertz CT molecular complexity index is 1070. The first-order valence-electron chi connectivity index (χ1n) is 8.47. The fraction of sp³-hybridized carbons (Fsp3) is 0.368. The highest BCUT2D eigenvalue weighted by molar-refractivity contribution is 5.84. The first-order chi connectivity index (χ1) is 12.0. The normalized spacial score (nSPS) is 13.8. The number of fused-ring (bicyclic) bond motifs is 3. The summed E-state index contributed by atoms with van der Waals surface area (Å²) in [5.41, 5.74) is 2.03. The molecule has 6 nitrogen and oxygen atoms in total. The van der Waals surface area contributed by atoms with E-state index in [1.807, 2.05) is 18.2 Å². The zero-order valence-electron chi connectivity index (χ0n) is 14.4. The molecular formula is C19H20N2O4. The minimum atomic E-state index is -0.356. The van der Waals surface area contributed by atoms with E-state index in [9.17, 15) is 9.59 Å². The lowest BCUT2D eigenvalue weighted by Crippen LogP contribution is -2.38. The van der Waals surface area contributed by atoms with Gasteiger partial charge in [0.2, 0.25) is 0 Å². The Morgan fingerprint density at radius 1 is 1.08 bits per heavy atom. The van der Waals surface area contributed by atoms with Crippen LogP contribution in [0, 0.1) is 0 Å². The lowest BCUT2D eigenvalue weighted by atomic mass is 9.96. The molecule has 1 aliphatic carbocycles. The maximum absolute atomic E-state index is 12.0. The average molecular weight is 340 g/mol. The number of aryl methyl sites for hydroxylation is 2. The molecule has 0 bridgehead atoms. The highest BCUT2D eigenvalue weighted by Crippen LogP contribution is 2.34. The van der Waals surface area contributed by atoms with Crippen molar-refractivity contribution >= 4 is 11.0 Å². The Balaban J connectivity index is 1.64. The van der Waals surface area contributed by atoms with Crippen molar-refractivity contribution in [2.75, 3.05) is 0 Å². The van der Waals surface area contributed by atoms with Crippen LogP contribution >= 0.6 is 0 Å². The summed E-state index contributed by atoms with van der Waals surface area (Å²) in [5, 5.41) is 1.10. The van der Waals surface area contributed by atoms with Crippen molar-refractivity contribution in [1.29, 1.82) is 0 Å². The average Bonchev–Trinajstić information content (AvgIpc) is 3.00. The molecule has 0 saturated carbocycles. The summed E-state index contributed by atoms with van der Waals surface area (Å²) < 4.78 is 14.3. The van der Waals surface area contributed by atoms with E-state index in [2.05, 4.69) is 0 Å². The number of furan rings is 1. The topological polar surface area (TPSA) is 66.4 Å². The minimum Gasteiger partial charge on any atom is -0.487 e. The van der Waals surface area contributed by atoms with E-state index in [0.717, 1.165) is 34.1 Å². The molecule has 2 aromatic heterocycles. The van der Waals surface area contributed by atoms with E-state index in [1.165, 1.54) is 36.1 Å². The number of nitrogens with zero attached hydrogens (tertiary/aromatic N) is 2. The van der Waals surface area contributed by atoms with E-state index in [-0.39, 0.29) is 17.9 Å². The molecule has 0 N–H and O–H groups in total. The van der Waals surface area contributed by atoms with Gasteiger partial charge in [-0.3, -0.25) is 13.9 Å². The molecule has 6 heteroatoms. The molecule has 0 spiro atoms. The van der Waals surface area contributed by atoms with Crippen molar-refractivity contribution in [3.63, 3.8) is 0 Å². The second kappa shape index (κ2) is 5.95. The Kier molecular flexibility index (Phi) is 3.75. The number of hydrogen-bond donors (Lipinski definition) is 0. The van der Waals surface area contributed by atoms with Crippen molar-refractivity contribution in [3.05, 3.63) is 62.1 Å². The predicted molar refractivity (Wildman–Crippen MR) is 94.1 cm³/mol. The molecule has 0 aliphatic heterocycles. The van der Waals surface area contributed by atoms with E-state index in [0.29, 0.717) is 11.4 Å². The molecular weight excluding hydrogens is 320 g/mol. The van der Waals surface area contributed by atoms with Crippen LogP contribution in [0.15, 0.2) is 38.3 Å². The maximum Gasteiger partial charge on any atom is 0.330 e. The number of benzene rings is 1. The van der Waals surface area contributed by atoms with Gasteiger partial charge in [-0.1, -0.05) is 0 Å². The second-order valence-corrected chi connectivity index (χ2v) is 6.53. The van der Waals surface area contributed by atoms with Crippen molar-refractivity contribution in [3.8, 4) is 5.75 Å². The molecule has 4 rings (SSSR count). The van der Waals surface area contributed by atoms with Crippen molar-refractivity contribution < 1.29 is 9.15 Å². The van der Waals surface area contributed by atoms with Crippen LogP contribution in [0.5, 0.6) is 5.75 Å². The number of aromatic nitrogens is 2. The van der Waals surface area contributed by atoms with Crippen molar-refractivity contribution in [1.82, 2.24) is 9.13 Å². The Labute approximate surface area is 144 Å². The van der Waals surface area contributed by atoms with Gasteiger partial charge in [0.05, 0.1) is 5.69 Å². The van der Waals surface area contributed by atoms with Gasteiger partial charge in [0.15, 0.2) is 0 Å². The summed E-state index contributed by atoms with van der Waals surface area (Å²) in [5.74, 6) is 1.79. The van der Waals surface area contributed by atoms with Crippen LogP contribution in [0.4, 0.5) is 0 Å². The smallest absolute Gasteiger partial charge is 0.330 e. The number of hydrogen-bond acceptors (Lipinski definition) is 4. The Morgan fingerprint density at radius 2 is 1.88 bits per heavy atom. The SMILES string of the molecule is Cn1c(COc2ccc3oc4c(c3c2)CCCC4)cc(=O)n(C)c1=O. The zero-order valence-corrected chi connectivity index (χ0v) is 14.4. The van der Waals surface area contributed by atoms with Crippen molar-refractivity contribution in [2.24, 2.45) is 14.1 Å². The van der Waals surface area contributed by atoms with E-state index >= 15 is 0 Å². The van der Waals surface area contributed by atoms with Crippen LogP contribution in [0.2, 0.25) is 0 Å². The van der Waals surface area contributed by atoms with Gasteiger partial charge in [-0.25, -0.2) is 4.79 Å². The first kappa shape index (κ1) is 15.7. The lowest BCUT2D eigenvalue weighted by Gasteiger charge is -2.11. The van der Waals surface area contributed by atoms with E-state index in [1.54, 1.807) is 7.05 Å². The quantitative estimate of drug-likeness (QED) is 0.734. The van der Waals surface area contributed by atoms with Gasteiger partial charge < -0.3 is 9.15 Å². The molecule has 130 valence electrons. The molecule has 0 saturated heterocycles. The van der Waals surface area contributed by atoms with Crippen LogP contribution in [0.1, 0.15) is 29.9 Å². The van der Waals surface area contributed by atoms with Gasteiger partial charge >= 0.3 is 5.69 Å². The Hall–Kier alpha value is -2.76. The maximum atomic E-state index is 12.0. The highest BCUT2D eigenvalue weighted by Gasteiger charge is 2.18. The van der Waals surface area contributed by atoms with Crippen LogP contribution in [0.25, 0.3) is 11.0 Å². The second-order valence-electron chi connectivity index (χ2n) is 6.53. The van der Waals surface area contributed by atoms with Gasteiger partial charge in [-0.05, 0) is 37.5 Å². The third-order valence-corrected chi connectivity index (χ3v) is 4.94. The standard InChI is InChI=1S/C19H20N2O4/c1-20-12(9-18(22)21(2)19(20)23)11-24-13-7-8-17-15(10-13)14-5-3-4-6-16(14)25-17/h7-10H,3-6,11H2,1-2H3. The van der Waals surface area contributed by atoms with Crippen molar-refractivity contribution in [2.45, 2.75) is 32.3 Å². The third kappa shape index (κ3) is 2.67. The van der Waals surface area contributed by atoms with Gasteiger partial charge in [-0.15, -0.1) is 0 Å². The van der Waals surface area contributed by atoms with Crippen LogP contribution < -0.4 is 16.0 Å². The third-order valence-electron chi connectivity index (χ3n) is 4.94. The summed E-state index contributed by atoms with van der Waals surface area (Å²) in [6, 6.07) is 7.20. The molecule has 0 unspecified atom stereocenters. The zero-order chi connectivity index (χ0) is 17.6.